The van der Waals surface area contributed by atoms with Gasteiger partial charge in [-0.1, -0.05) is 11.6 Å². The Morgan fingerprint density at radius 1 is 1.24 bits per heavy atom. The first-order valence-corrected chi connectivity index (χ1v) is 10.6. The van der Waals surface area contributed by atoms with Crippen molar-refractivity contribution in [1.29, 1.82) is 0 Å². The van der Waals surface area contributed by atoms with Gasteiger partial charge in [-0.25, -0.2) is 14.2 Å². The lowest BCUT2D eigenvalue weighted by atomic mass is 10.2. The molecule has 0 amide bonds. The number of thiazole rings is 1. The summed E-state index contributed by atoms with van der Waals surface area (Å²) in [4.78, 5) is 8.49. The molecule has 0 fully saturated rings. The standard InChI is InChI=1S/C17H16ClN3O2S2/c1-23-14-6-4-13(5-7-14)15-10-24-17(20-15)21-25(2,22)11-12-3-8-16(18)19-9-12/h3-11H,1-2H3,(H,20,21,22). The van der Waals surface area contributed by atoms with E-state index >= 15 is 0 Å². The summed E-state index contributed by atoms with van der Waals surface area (Å²) < 4.78 is 20.9. The molecular weight excluding hydrogens is 378 g/mol. The number of nitrogens with one attached hydrogen (secondary N) is 1. The molecule has 1 atom stereocenters. The number of anilines is 1. The van der Waals surface area contributed by atoms with Gasteiger partial charge in [0.25, 0.3) is 0 Å². The maximum Gasteiger partial charge on any atom is 0.194 e. The molecule has 8 heteroatoms. The van der Waals surface area contributed by atoms with Crippen LogP contribution in [0.25, 0.3) is 11.3 Å². The Labute approximate surface area is 155 Å². The maximum atomic E-state index is 12.8. The van der Waals surface area contributed by atoms with Gasteiger partial charge in [0.15, 0.2) is 5.13 Å². The number of nitrogens with zero attached hydrogens (tertiary/aromatic N) is 2. The molecule has 3 rings (SSSR count). The van der Waals surface area contributed by atoms with Crippen molar-refractivity contribution in [1.82, 2.24) is 9.97 Å². The summed E-state index contributed by atoms with van der Waals surface area (Å²) in [5.41, 5.74) is 2.52. The van der Waals surface area contributed by atoms with Crippen molar-refractivity contribution in [3.63, 3.8) is 0 Å². The zero-order valence-electron chi connectivity index (χ0n) is 13.6. The van der Waals surface area contributed by atoms with Crippen LogP contribution in [0.1, 0.15) is 5.56 Å². The SMILES string of the molecule is COc1ccc(-c2csc(NS(C)(=O)=Cc3ccc(Cl)nc3)n2)cc1. The molecule has 0 bridgehead atoms. The van der Waals surface area contributed by atoms with Gasteiger partial charge >= 0.3 is 0 Å². The van der Waals surface area contributed by atoms with E-state index in [2.05, 4.69) is 14.7 Å². The van der Waals surface area contributed by atoms with Crippen LogP contribution in [0.15, 0.2) is 48.0 Å². The highest BCUT2D eigenvalue weighted by molar-refractivity contribution is 8.02. The molecule has 0 aliphatic rings. The van der Waals surface area contributed by atoms with Crippen molar-refractivity contribution in [2.75, 3.05) is 18.1 Å². The van der Waals surface area contributed by atoms with Gasteiger partial charge in [-0.3, -0.25) is 4.72 Å². The molecule has 0 saturated carbocycles. The summed E-state index contributed by atoms with van der Waals surface area (Å²) in [6.07, 6.45) is 3.20. The number of ether oxygens (including phenoxy) is 1. The van der Waals surface area contributed by atoms with E-state index in [4.69, 9.17) is 16.3 Å². The van der Waals surface area contributed by atoms with Crippen molar-refractivity contribution in [2.45, 2.75) is 0 Å². The van der Waals surface area contributed by atoms with E-state index in [9.17, 15) is 4.21 Å². The molecule has 0 radical (unpaired) electrons. The quantitative estimate of drug-likeness (QED) is 0.526. The van der Waals surface area contributed by atoms with Crippen molar-refractivity contribution >= 4 is 43.1 Å². The minimum Gasteiger partial charge on any atom is -0.497 e. The molecular formula is C17H16ClN3O2S2. The molecule has 2 aromatic heterocycles. The third-order valence-electron chi connectivity index (χ3n) is 3.29. The van der Waals surface area contributed by atoms with Gasteiger partial charge in [0, 0.05) is 34.3 Å². The number of aromatic nitrogens is 2. The highest BCUT2D eigenvalue weighted by Gasteiger charge is 2.08. The zero-order valence-corrected chi connectivity index (χ0v) is 16.0. The summed E-state index contributed by atoms with van der Waals surface area (Å²) >= 11 is 7.17. The Balaban J connectivity index is 1.79. The summed E-state index contributed by atoms with van der Waals surface area (Å²) in [5.74, 6) is 0.792. The number of pyridine rings is 1. The van der Waals surface area contributed by atoms with Gasteiger partial charge in [-0.2, -0.15) is 0 Å². The highest BCUT2D eigenvalue weighted by atomic mass is 35.5. The molecule has 3 aromatic rings. The molecule has 0 aliphatic carbocycles. The largest absolute Gasteiger partial charge is 0.497 e. The van der Waals surface area contributed by atoms with E-state index < -0.39 is 9.71 Å². The molecule has 1 N–H and O–H groups in total. The first-order valence-electron chi connectivity index (χ1n) is 7.28. The van der Waals surface area contributed by atoms with Gasteiger partial charge in [-0.05, 0) is 36.4 Å². The van der Waals surface area contributed by atoms with Gasteiger partial charge in [0.1, 0.15) is 10.9 Å². The monoisotopic (exact) mass is 393 g/mol. The summed E-state index contributed by atoms with van der Waals surface area (Å²) in [6.45, 7) is 0. The van der Waals surface area contributed by atoms with Crippen LogP contribution in [0, 0.1) is 0 Å². The summed E-state index contributed by atoms with van der Waals surface area (Å²) in [5, 5.41) is 4.54. The molecule has 5 nitrogen and oxygen atoms in total. The Kier molecular flexibility index (Phi) is 5.27. The molecule has 25 heavy (non-hydrogen) atoms. The van der Waals surface area contributed by atoms with Crippen LogP contribution in [0.5, 0.6) is 5.75 Å². The van der Waals surface area contributed by atoms with Crippen LogP contribution < -0.4 is 9.46 Å². The van der Waals surface area contributed by atoms with Crippen LogP contribution in [-0.2, 0) is 9.71 Å². The first kappa shape index (κ1) is 17.7. The lowest BCUT2D eigenvalue weighted by Crippen LogP contribution is -2.13. The van der Waals surface area contributed by atoms with Crippen LogP contribution >= 0.6 is 22.9 Å². The molecule has 2 heterocycles. The zero-order chi connectivity index (χ0) is 17.9. The van der Waals surface area contributed by atoms with Crippen molar-refractivity contribution in [3.05, 3.63) is 58.7 Å². The van der Waals surface area contributed by atoms with E-state index in [1.165, 1.54) is 11.3 Å². The number of benzene rings is 1. The normalized spacial score (nSPS) is 13.1. The fraction of sp³-hybridized carbons (Fsp3) is 0.118. The molecule has 0 spiro atoms. The average molecular weight is 394 g/mol. The number of halogens is 1. The van der Waals surface area contributed by atoms with Crippen molar-refractivity contribution < 1.29 is 8.95 Å². The minimum absolute atomic E-state index is 0.400. The minimum atomic E-state index is -2.46. The lowest BCUT2D eigenvalue weighted by Gasteiger charge is -2.06. The van der Waals surface area contributed by atoms with Crippen molar-refractivity contribution in [2.24, 2.45) is 0 Å². The van der Waals surface area contributed by atoms with Crippen LogP contribution in [0.3, 0.4) is 0 Å². The van der Waals surface area contributed by atoms with Gasteiger partial charge in [0.2, 0.25) is 0 Å². The van der Waals surface area contributed by atoms with E-state index in [1.54, 1.807) is 37.1 Å². The van der Waals surface area contributed by atoms with Gasteiger partial charge in [0.05, 0.1) is 22.5 Å². The van der Waals surface area contributed by atoms with Gasteiger partial charge < -0.3 is 4.74 Å². The van der Waals surface area contributed by atoms with Crippen LogP contribution in [0.4, 0.5) is 5.13 Å². The summed E-state index contributed by atoms with van der Waals surface area (Å²) in [6, 6.07) is 11.1. The second kappa shape index (κ2) is 7.43. The van der Waals surface area contributed by atoms with Crippen LogP contribution in [0.2, 0.25) is 5.15 Å². The fourth-order valence-electron chi connectivity index (χ4n) is 2.13. The van der Waals surface area contributed by atoms with Crippen molar-refractivity contribution in [3.8, 4) is 17.0 Å². The van der Waals surface area contributed by atoms with E-state index in [0.29, 0.717) is 10.3 Å². The highest BCUT2D eigenvalue weighted by Crippen LogP contribution is 2.26. The molecule has 0 aliphatic heterocycles. The fourth-order valence-corrected chi connectivity index (χ4v) is 4.61. The number of methoxy groups -OCH3 is 1. The van der Waals surface area contributed by atoms with E-state index in [1.807, 2.05) is 29.6 Å². The molecule has 1 unspecified atom stereocenters. The Morgan fingerprint density at radius 2 is 2.00 bits per heavy atom. The van der Waals surface area contributed by atoms with Crippen LogP contribution in [-0.4, -0.2) is 32.9 Å². The molecule has 130 valence electrons. The Bertz CT molecular complexity index is 976. The molecule has 0 saturated heterocycles. The smallest absolute Gasteiger partial charge is 0.194 e. The Morgan fingerprint density at radius 3 is 2.64 bits per heavy atom. The number of hydrogen-bond acceptors (Lipinski definition) is 5. The first-order chi connectivity index (χ1) is 11.9. The van der Waals surface area contributed by atoms with E-state index in [0.717, 1.165) is 22.6 Å². The predicted molar refractivity (Wildman–Crippen MR) is 106 cm³/mol. The van der Waals surface area contributed by atoms with E-state index in [-0.39, 0.29) is 0 Å². The molecule has 1 aromatic carbocycles. The number of rotatable bonds is 5. The second-order valence-corrected chi connectivity index (χ2v) is 8.80. The lowest BCUT2D eigenvalue weighted by molar-refractivity contribution is 0.415. The number of hydrogen-bond donors (Lipinski definition) is 1. The topological polar surface area (TPSA) is 64.1 Å². The third-order valence-corrected chi connectivity index (χ3v) is 5.72. The Hall–Kier alpha value is -2.09. The maximum absolute atomic E-state index is 12.8. The average Bonchev–Trinajstić information content (AvgIpc) is 3.04. The van der Waals surface area contributed by atoms with Gasteiger partial charge in [-0.15, -0.1) is 11.3 Å². The third kappa shape index (κ3) is 4.72. The predicted octanol–water partition coefficient (Wildman–Crippen LogP) is 3.96. The summed E-state index contributed by atoms with van der Waals surface area (Å²) in [7, 11) is -0.831. The second-order valence-electron chi connectivity index (χ2n) is 5.30.